The van der Waals surface area contributed by atoms with Crippen molar-refractivity contribution in [3.8, 4) is 0 Å². The van der Waals surface area contributed by atoms with Gasteiger partial charge in [-0.3, -0.25) is 5.84 Å². The number of nitrogens with two attached hydrogens (primary N) is 1. The van der Waals surface area contributed by atoms with Gasteiger partial charge in [-0.05, 0) is 32.8 Å². The van der Waals surface area contributed by atoms with Crippen molar-refractivity contribution in [3.63, 3.8) is 0 Å². The average Bonchev–Trinajstić information content (AvgIpc) is 2.31. The van der Waals surface area contributed by atoms with Crippen LogP contribution in [0.25, 0.3) is 0 Å². The Morgan fingerprint density at radius 2 is 2.06 bits per heavy atom. The van der Waals surface area contributed by atoms with Gasteiger partial charge in [0.05, 0.1) is 5.70 Å². The van der Waals surface area contributed by atoms with Gasteiger partial charge in [0.25, 0.3) is 0 Å². The number of nitrogens with one attached hydrogen (secondary N) is 2. The molecule has 0 saturated carbocycles. The summed E-state index contributed by atoms with van der Waals surface area (Å²) in [5.41, 5.74) is 3.41. The molecule has 0 aliphatic carbocycles. The third kappa shape index (κ3) is 3.87. The Morgan fingerprint density at radius 1 is 1.44 bits per heavy atom. The van der Waals surface area contributed by atoms with E-state index < -0.39 is 0 Å². The van der Waals surface area contributed by atoms with E-state index in [1.54, 1.807) is 6.08 Å². The maximum Gasteiger partial charge on any atom is 0.0636 e. The van der Waals surface area contributed by atoms with Crippen molar-refractivity contribution in [3.05, 3.63) is 24.6 Å². The molecule has 4 N–H and O–H groups in total. The number of hydrogen-bond donors (Lipinski definition) is 3. The van der Waals surface area contributed by atoms with Crippen LogP contribution in [0.3, 0.4) is 0 Å². The summed E-state index contributed by atoms with van der Waals surface area (Å²) in [5.74, 6) is 5.32. The van der Waals surface area contributed by atoms with Crippen molar-refractivity contribution in [1.29, 1.82) is 0 Å². The van der Waals surface area contributed by atoms with Crippen LogP contribution >= 0.6 is 0 Å². The Hall–Kier alpha value is -1.00. The van der Waals surface area contributed by atoms with Crippen molar-refractivity contribution < 1.29 is 0 Å². The first-order chi connectivity index (χ1) is 7.67. The first kappa shape index (κ1) is 13.1. The van der Waals surface area contributed by atoms with Gasteiger partial charge in [0, 0.05) is 31.4 Å². The molecule has 0 spiro atoms. The van der Waals surface area contributed by atoms with E-state index in [4.69, 9.17) is 5.84 Å². The quantitative estimate of drug-likeness (QED) is 0.369. The van der Waals surface area contributed by atoms with Gasteiger partial charge in [0.1, 0.15) is 0 Å². The Morgan fingerprint density at radius 3 is 2.50 bits per heavy atom. The Bertz CT molecular complexity index is 239. The highest BCUT2D eigenvalue weighted by Gasteiger charge is 2.19. The largest absolute Gasteiger partial charge is 0.386 e. The highest BCUT2D eigenvalue weighted by molar-refractivity contribution is 5.12. The summed E-state index contributed by atoms with van der Waals surface area (Å²) < 4.78 is 0. The molecule has 4 nitrogen and oxygen atoms in total. The lowest BCUT2D eigenvalue weighted by molar-refractivity contribution is 0.166. The van der Waals surface area contributed by atoms with Gasteiger partial charge in [-0.1, -0.05) is 6.58 Å². The van der Waals surface area contributed by atoms with E-state index in [2.05, 4.69) is 36.1 Å². The molecule has 1 aliphatic heterocycles. The number of allylic oxidation sites excluding steroid dienone is 1. The maximum atomic E-state index is 5.32. The van der Waals surface area contributed by atoms with Crippen LogP contribution in [0.1, 0.15) is 26.7 Å². The van der Waals surface area contributed by atoms with Gasteiger partial charge in [-0.25, -0.2) is 0 Å². The number of likely N-dealkylation sites (tertiary alicyclic amines) is 1. The van der Waals surface area contributed by atoms with Crippen molar-refractivity contribution in [2.24, 2.45) is 5.84 Å². The molecule has 0 unspecified atom stereocenters. The van der Waals surface area contributed by atoms with Gasteiger partial charge in [-0.2, -0.15) is 0 Å². The lowest BCUT2D eigenvalue weighted by atomic mass is 10.0. The summed E-state index contributed by atoms with van der Waals surface area (Å²) in [6, 6.07) is 1.21. The summed E-state index contributed by atoms with van der Waals surface area (Å²) >= 11 is 0. The SMILES string of the molecule is C=C/C(=C/NC1CCN(C(C)C)CC1)NN. The molecule has 0 radical (unpaired) electrons. The van der Waals surface area contributed by atoms with Gasteiger partial charge in [0.2, 0.25) is 0 Å². The van der Waals surface area contributed by atoms with Crippen LogP contribution in [0.5, 0.6) is 0 Å². The molecule has 1 aliphatic rings. The molecule has 1 saturated heterocycles. The zero-order valence-corrected chi connectivity index (χ0v) is 10.4. The van der Waals surface area contributed by atoms with Gasteiger partial charge < -0.3 is 15.6 Å². The zero-order valence-electron chi connectivity index (χ0n) is 10.4. The lowest BCUT2D eigenvalue weighted by Gasteiger charge is -2.34. The highest BCUT2D eigenvalue weighted by Crippen LogP contribution is 2.12. The minimum Gasteiger partial charge on any atom is -0.386 e. The minimum absolute atomic E-state index is 0.554. The Kier molecular flexibility index (Phi) is 5.35. The molecule has 0 aromatic rings. The van der Waals surface area contributed by atoms with E-state index in [9.17, 15) is 0 Å². The first-order valence-electron chi connectivity index (χ1n) is 5.96. The van der Waals surface area contributed by atoms with E-state index in [1.807, 2.05) is 6.20 Å². The average molecular weight is 224 g/mol. The third-order valence-corrected chi connectivity index (χ3v) is 3.12. The normalized spacial score (nSPS) is 19.9. The molecule has 0 aromatic carbocycles. The van der Waals surface area contributed by atoms with Crippen LogP contribution in [0.15, 0.2) is 24.6 Å². The number of nitrogens with zero attached hydrogens (tertiary/aromatic N) is 1. The second-order valence-electron chi connectivity index (χ2n) is 4.52. The van der Waals surface area contributed by atoms with Crippen molar-refractivity contribution in [1.82, 2.24) is 15.6 Å². The van der Waals surface area contributed by atoms with Crippen molar-refractivity contribution >= 4 is 0 Å². The summed E-state index contributed by atoms with van der Waals surface area (Å²) in [6.07, 6.45) is 5.98. The first-order valence-corrected chi connectivity index (χ1v) is 5.96. The summed E-state index contributed by atoms with van der Waals surface area (Å²) in [4.78, 5) is 2.51. The second kappa shape index (κ2) is 6.55. The summed E-state index contributed by atoms with van der Waals surface area (Å²) in [6.45, 7) is 10.5. The monoisotopic (exact) mass is 224 g/mol. The van der Waals surface area contributed by atoms with Gasteiger partial charge in [-0.15, -0.1) is 0 Å². The Labute approximate surface area is 98.5 Å². The fraction of sp³-hybridized carbons (Fsp3) is 0.667. The predicted molar refractivity (Wildman–Crippen MR) is 68.5 cm³/mol. The van der Waals surface area contributed by atoms with Gasteiger partial charge in [0.15, 0.2) is 0 Å². The van der Waals surface area contributed by atoms with E-state index >= 15 is 0 Å². The molecule has 1 heterocycles. The third-order valence-electron chi connectivity index (χ3n) is 3.12. The molecule has 0 atom stereocenters. The van der Waals surface area contributed by atoms with E-state index in [0.717, 1.165) is 5.70 Å². The second-order valence-corrected chi connectivity index (χ2v) is 4.52. The fourth-order valence-electron chi connectivity index (χ4n) is 1.95. The smallest absolute Gasteiger partial charge is 0.0636 e. The summed E-state index contributed by atoms with van der Waals surface area (Å²) in [7, 11) is 0. The summed E-state index contributed by atoms with van der Waals surface area (Å²) in [5, 5.41) is 3.38. The molecule has 1 fully saturated rings. The number of rotatable bonds is 5. The fourth-order valence-corrected chi connectivity index (χ4v) is 1.95. The highest BCUT2D eigenvalue weighted by atomic mass is 15.2. The number of piperidine rings is 1. The molecule has 0 amide bonds. The number of hydrazine groups is 1. The molecule has 4 heteroatoms. The van der Waals surface area contributed by atoms with E-state index in [1.165, 1.54) is 25.9 Å². The number of hydrogen-bond acceptors (Lipinski definition) is 4. The van der Waals surface area contributed by atoms with Crippen LogP contribution in [0, 0.1) is 0 Å². The molecule has 92 valence electrons. The lowest BCUT2D eigenvalue weighted by Crippen LogP contribution is -2.44. The van der Waals surface area contributed by atoms with Crippen LogP contribution in [0.4, 0.5) is 0 Å². The molecule has 0 aromatic heterocycles. The van der Waals surface area contributed by atoms with Crippen LogP contribution in [-0.2, 0) is 0 Å². The van der Waals surface area contributed by atoms with Crippen LogP contribution in [0.2, 0.25) is 0 Å². The molecule has 16 heavy (non-hydrogen) atoms. The topological polar surface area (TPSA) is 53.3 Å². The maximum absolute atomic E-state index is 5.32. The van der Waals surface area contributed by atoms with Crippen molar-refractivity contribution in [2.45, 2.75) is 38.8 Å². The Balaban J connectivity index is 2.32. The molecule has 0 bridgehead atoms. The van der Waals surface area contributed by atoms with Crippen molar-refractivity contribution in [2.75, 3.05) is 13.1 Å². The van der Waals surface area contributed by atoms with Gasteiger partial charge >= 0.3 is 0 Å². The minimum atomic E-state index is 0.554. The predicted octanol–water partition coefficient (Wildman–Crippen LogP) is 0.940. The zero-order chi connectivity index (χ0) is 12.0. The van der Waals surface area contributed by atoms with E-state index in [0.29, 0.717) is 12.1 Å². The molecule has 1 rings (SSSR count). The van der Waals surface area contributed by atoms with Crippen LogP contribution < -0.4 is 16.6 Å². The van der Waals surface area contributed by atoms with Crippen LogP contribution in [-0.4, -0.2) is 30.1 Å². The molecular formula is C12H24N4. The standard InChI is InChI=1S/C12H24N4/c1-4-11(15-13)9-14-12-5-7-16(8-6-12)10(2)3/h4,9-10,12,14-15H,1,5-8,13H2,2-3H3/b11-9-. The molecular weight excluding hydrogens is 200 g/mol. The van der Waals surface area contributed by atoms with E-state index in [-0.39, 0.29) is 0 Å².